The van der Waals surface area contributed by atoms with Crippen LogP contribution >= 0.6 is 15.9 Å². The van der Waals surface area contributed by atoms with Crippen molar-refractivity contribution in [2.45, 2.75) is 6.04 Å². The molecular formula is C23H22BrFN2O4. The highest BCUT2D eigenvalue weighted by Gasteiger charge is 2.46. The molecule has 4 rings (SSSR count). The fourth-order valence-corrected chi connectivity index (χ4v) is 4.39. The Morgan fingerprint density at radius 1 is 1.10 bits per heavy atom. The normalized spacial score (nSPS) is 21.6. The number of nitrogens with zero attached hydrogens (tertiary/aromatic N) is 2. The smallest absolute Gasteiger partial charge is 0.295 e. The van der Waals surface area contributed by atoms with Gasteiger partial charge in [0.2, 0.25) is 0 Å². The topological polar surface area (TPSA) is 70.1 Å². The zero-order chi connectivity index (χ0) is 22.0. The van der Waals surface area contributed by atoms with Gasteiger partial charge in [-0.1, -0.05) is 28.1 Å². The summed E-state index contributed by atoms with van der Waals surface area (Å²) in [4.78, 5) is 29.6. The first-order valence-corrected chi connectivity index (χ1v) is 10.8. The van der Waals surface area contributed by atoms with E-state index in [1.165, 1.54) is 29.2 Å². The van der Waals surface area contributed by atoms with Crippen molar-refractivity contribution in [1.82, 2.24) is 9.80 Å². The molecule has 0 spiro atoms. The van der Waals surface area contributed by atoms with Crippen molar-refractivity contribution in [1.29, 1.82) is 0 Å². The molecule has 1 atom stereocenters. The lowest BCUT2D eigenvalue weighted by Crippen LogP contribution is -2.42. The average Bonchev–Trinajstić information content (AvgIpc) is 3.03. The molecule has 0 radical (unpaired) electrons. The minimum atomic E-state index is -0.742. The first-order valence-electron chi connectivity index (χ1n) is 10.1. The Labute approximate surface area is 188 Å². The SMILES string of the molecule is O=C1C(=O)N(CCN2CCOCC2)C(c2cccc(Br)c2)C1=C(O)c1ccc(F)cc1. The highest BCUT2D eigenvalue weighted by atomic mass is 79.9. The molecule has 0 aromatic heterocycles. The van der Waals surface area contributed by atoms with Crippen LogP contribution in [-0.4, -0.2) is 66.0 Å². The highest BCUT2D eigenvalue weighted by Crippen LogP contribution is 2.39. The van der Waals surface area contributed by atoms with Gasteiger partial charge in [0.05, 0.1) is 24.8 Å². The second kappa shape index (κ2) is 9.30. The lowest BCUT2D eigenvalue weighted by Gasteiger charge is -2.31. The number of Topliss-reactive ketones (excluding diaryl/α,β-unsaturated/α-hetero) is 1. The number of ether oxygens (including phenoxy) is 1. The fourth-order valence-electron chi connectivity index (χ4n) is 3.97. The maximum atomic E-state index is 13.3. The fraction of sp³-hybridized carbons (Fsp3) is 0.304. The molecular weight excluding hydrogens is 467 g/mol. The molecule has 1 N–H and O–H groups in total. The van der Waals surface area contributed by atoms with Crippen LogP contribution < -0.4 is 0 Å². The molecule has 31 heavy (non-hydrogen) atoms. The van der Waals surface area contributed by atoms with E-state index >= 15 is 0 Å². The van der Waals surface area contributed by atoms with E-state index in [9.17, 15) is 19.1 Å². The molecule has 2 fully saturated rings. The Morgan fingerprint density at radius 3 is 2.48 bits per heavy atom. The quantitative estimate of drug-likeness (QED) is 0.397. The zero-order valence-electron chi connectivity index (χ0n) is 16.8. The van der Waals surface area contributed by atoms with Crippen LogP contribution in [0.3, 0.4) is 0 Å². The van der Waals surface area contributed by atoms with Gasteiger partial charge in [0.25, 0.3) is 11.7 Å². The number of carbonyl (C=O) groups is 2. The maximum Gasteiger partial charge on any atom is 0.295 e. The maximum absolute atomic E-state index is 13.3. The van der Waals surface area contributed by atoms with Crippen molar-refractivity contribution in [3.05, 3.63) is 75.5 Å². The summed E-state index contributed by atoms with van der Waals surface area (Å²) < 4.78 is 19.5. The molecule has 1 unspecified atom stereocenters. The molecule has 2 aromatic rings. The van der Waals surface area contributed by atoms with E-state index in [1.54, 1.807) is 0 Å². The third kappa shape index (κ3) is 4.56. The summed E-state index contributed by atoms with van der Waals surface area (Å²) in [5.74, 6) is -2.15. The second-order valence-electron chi connectivity index (χ2n) is 7.51. The molecule has 2 heterocycles. The van der Waals surface area contributed by atoms with E-state index in [-0.39, 0.29) is 16.9 Å². The van der Waals surface area contributed by atoms with Crippen LogP contribution in [0.4, 0.5) is 4.39 Å². The number of hydrogen-bond donors (Lipinski definition) is 1. The first kappa shape index (κ1) is 21.7. The Balaban J connectivity index is 1.73. The van der Waals surface area contributed by atoms with E-state index in [2.05, 4.69) is 20.8 Å². The van der Waals surface area contributed by atoms with Gasteiger partial charge in [0.1, 0.15) is 11.6 Å². The van der Waals surface area contributed by atoms with E-state index < -0.39 is 23.5 Å². The summed E-state index contributed by atoms with van der Waals surface area (Å²) in [7, 11) is 0. The number of carbonyl (C=O) groups excluding carboxylic acids is 2. The van der Waals surface area contributed by atoms with Crippen LogP contribution in [0, 0.1) is 5.82 Å². The molecule has 6 nitrogen and oxygen atoms in total. The largest absolute Gasteiger partial charge is 0.507 e. The number of amides is 1. The van der Waals surface area contributed by atoms with Crippen molar-refractivity contribution in [3.8, 4) is 0 Å². The summed E-state index contributed by atoms with van der Waals surface area (Å²) in [5, 5.41) is 11.0. The van der Waals surface area contributed by atoms with Crippen LogP contribution in [0.2, 0.25) is 0 Å². The van der Waals surface area contributed by atoms with Crippen LogP contribution in [-0.2, 0) is 14.3 Å². The Morgan fingerprint density at radius 2 is 1.81 bits per heavy atom. The first-order chi connectivity index (χ1) is 15.0. The number of ketones is 1. The predicted octanol–water partition coefficient (Wildman–Crippen LogP) is 3.34. The highest BCUT2D eigenvalue weighted by molar-refractivity contribution is 9.10. The van der Waals surface area contributed by atoms with Gasteiger partial charge < -0.3 is 14.7 Å². The van der Waals surface area contributed by atoms with Crippen LogP contribution in [0.1, 0.15) is 17.2 Å². The standard InChI is InChI=1S/C23H22BrFN2O4/c24-17-3-1-2-16(14-17)20-19(21(28)15-4-6-18(25)7-5-15)22(29)23(30)27(20)9-8-26-10-12-31-13-11-26/h1-7,14,20,28H,8-13H2. The molecule has 8 heteroatoms. The van der Waals surface area contributed by atoms with Gasteiger partial charge in [-0.25, -0.2) is 4.39 Å². The van der Waals surface area contributed by atoms with Crippen LogP contribution in [0.15, 0.2) is 58.6 Å². The van der Waals surface area contributed by atoms with Crippen molar-refractivity contribution in [2.75, 3.05) is 39.4 Å². The van der Waals surface area contributed by atoms with Gasteiger partial charge in [-0.2, -0.15) is 0 Å². The van der Waals surface area contributed by atoms with Crippen molar-refractivity contribution in [2.24, 2.45) is 0 Å². The minimum Gasteiger partial charge on any atom is -0.507 e. The third-order valence-electron chi connectivity index (χ3n) is 5.58. The van der Waals surface area contributed by atoms with E-state index in [0.29, 0.717) is 31.9 Å². The van der Waals surface area contributed by atoms with E-state index in [4.69, 9.17) is 4.74 Å². The summed E-state index contributed by atoms with van der Waals surface area (Å²) in [5.41, 5.74) is 1.00. The number of morpholine rings is 1. The van der Waals surface area contributed by atoms with Gasteiger partial charge >= 0.3 is 0 Å². The van der Waals surface area contributed by atoms with Gasteiger partial charge in [0.15, 0.2) is 0 Å². The number of aliphatic hydroxyl groups is 1. The van der Waals surface area contributed by atoms with Gasteiger partial charge in [-0.05, 0) is 42.0 Å². The molecule has 0 aliphatic carbocycles. The van der Waals surface area contributed by atoms with Crippen LogP contribution in [0.5, 0.6) is 0 Å². The zero-order valence-corrected chi connectivity index (χ0v) is 18.3. The number of likely N-dealkylation sites (tertiary alicyclic amines) is 1. The molecule has 162 valence electrons. The molecule has 1 amide bonds. The summed E-state index contributed by atoms with van der Waals surface area (Å²) >= 11 is 3.44. The Bertz CT molecular complexity index is 1020. The molecule has 0 bridgehead atoms. The number of aliphatic hydroxyl groups excluding tert-OH is 1. The molecule has 2 aliphatic heterocycles. The molecule has 2 aliphatic rings. The van der Waals surface area contributed by atoms with Crippen molar-refractivity contribution < 1.29 is 23.8 Å². The molecule has 0 saturated carbocycles. The van der Waals surface area contributed by atoms with E-state index in [1.807, 2.05) is 24.3 Å². The van der Waals surface area contributed by atoms with Crippen LogP contribution in [0.25, 0.3) is 5.76 Å². The Hall–Kier alpha value is -2.55. The summed E-state index contributed by atoms with van der Waals surface area (Å²) in [6, 6.07) is 11.8. The lowest BCUT2D eigenvalue weighted by atomic mass is 9.95. The summed E-state index contributed by atoms with van der Waals surface area (Å²) in [6.07, 6.45) is 0. The number of hydrogen-bond acceptors (Lipinski definition) is 5. The molecule has 2 aromatic carbocycles. The Kier molecular flexibility index (Phi) is 6.50. The number of benzene rings is 2. The molecule has 2 saturated heterocycles. The van der Waals surface area contributed by atoms with Gasteiger partial charge in [-0.3, -0.25) is 14.5 Å². The van der Waals surface area contributed by atoms with Crippen molar-refractivity contribution in [3.63, 3.8) is 0 Å². The summed E-state index contributed by atoms with van der Waals surface area (Å²) in [6.45, 7) is 3.73. The monoisotopic (exact) mass is 488 g/mol. The third-order valence-corrected chi connectivity index (χ3v) is 6.08. The van der Waals surface area contributed by atoms with Gasteiger partial charge in [-0.15, -0.1) is 0 Å². The van der Waals surface area contributed by atoms with Gasteiger partial charge in [0, 0.05) is 36.2 Å². The average molecular weight is 489 g/mol. The number of rotatable bonds is 5. The van der Waals surface area contributed by atoms with E-state index in [0.717, 1.165) is 17.6 Å². The predicted molar refractivity (Wildman–Crippen MR) is 117 cm³/mol. The lowest BCUT2D eigenvalue weighted by molar-refractivity contribution is -0.140. The minimum absolute atomic E-state index is 0.0108. The number of halogens is 2. The second-order valence-corrected chi connectivity index (χ2v) is 8.42. The van der Waals surface area contributed by atoms with Crippen molar-refractivity contribution >= 4 is 33.4 Å².